The summed E-state index contributed by atoms with van der Waals surface area (Å²) in [5, 5.41) is 15.0. The third-order valence-corrected chi connectivity index (χ3v) is 3.60. The van der Waals surface area contributed by atoms with Crippen LogP contribution < -0.4 is 5.32 Å². The van der Waals surface area contributed by atoms with Gasteiger partial charge in [0.1, 0.15) is 10.7 Å². The van der Waals surface area contributed by atoms with Gasteiger partial charge >= 0.3 is 5.69 Å². The van der Waals surface area contributed by atoms with Crippen molar-refractivity contribution in [3.05, 3.63) is 39.2 Å². The van der Waals surface area contributed by atoms with E-state index in [1.807, 2.05) is 26.0 Å². The van der Waals surface area contributed by atoms with Crippen LogP contribution in [0.5, 0.6) is 0 Å². The Kier molecular flexibility index (Phi) is 4.37. The van der Waals surface area contributed by atoms with Crippen LogP contribution in [0.1, 0.15) is 17.0 Å². The maximum Gasteiger partial charge on any atom is 0.322 e. The lowest BCUT2D eigenvalue weighted by atomic mass is 10.3. The topological polar surface area (TPSA) is 93.8 Å². The molecule has 0 spiro atoms. The molecule has 0 saturated carbocycles. The molecule has 0 bridgehead atoms. The minimum Gasteiger partial charge on any atom is -0.357 e. The third-order valence-electron chi connectivity index (χ3n) is 2.71. The van der Waals surface area contributed by atoms with E-state index in [-0.39, 0.29) is 10.7 Å². The second-order valence-electron chi connectivity index (χ2n) is 4.52. The van der Waals surface area contributed by atoms with E-state index in [0.717, 1.165) is 11.3 Å². The predicted octanol–water partition coefficient (Wildman–Crippen LogP) is 2.90. The monoisotopic (exact) mass is 305 g/mol. The molecular weight excluding hydrogens is 290 g/mol. The maximum absolute atomic E-state index is 11.2. The molecule has 0 unspecified atom stereocenters. The molecule has 0 atom stereocenters. The average Bonchev–Trinajstić information content (AvgIpc) is 2.36. The van der Waals surface area contributed by atoms with E-state index >= 15 is 0 Å². The first-order chi connectivity index (χ1) is 9.90. The Morgan fingerprint density at radius 1 is 1.19 bits per heavy atom. The van der Waals surface area contributed by atoms with E-state index in [4.69, 9.17) is 0 Å². The summed E-state index contributed by atoms with van der Waals surface area (Å²) in [6.45, 7) is 5.44. The summed E-state index contributed by atoms with van der Waals surface area (Å²) in [7, 11) is 1.67. The van der Waals surface area contributed by atoms with Gasteiger partial charge in [-0.1, -0.05) is 0 Å². The Morgan fingerprint density at radius 2 is 1.90 bits per heavy atom. The summed E-state index contributed by atoms with van der Waals surface area (Å²) in [6.07, 6.45) is 0. The molecule has 7 nitrogen and oxygen atoms in total. The molecule has 1 N–H and O–H groups in total. The van der Waals surface area contributed by atoms with Gasteiger partial charge in [0.15, 0.2) is 5.03 Å². The molecule has 21 heavy (non-hydrogen) atoms. The van der Waals surface area contributed by atoms with E-state index < -0.39 is 4.92 Å². The van der Waals surface area contributed by atoms with Crippen LogP contribution in [0.15, 0.2) is 22.2 Å². The Bertz CT molecular complexity index is 685. The average molecular weight is 305 g/mol. The zero-order valence-corrected chi connectivity index (χ0v) is 13.0. The lowest BCUT2D eigenvalue weighted by molar-refractivity contribution is -0.389. The third kappa shape index (κ3) is 3.46. The smallest absolute Gasteiger partial charge is 0.322 e. The van der Waals surface area contributed by atoms with Crippen LogP contribution in [-0.4, -0.2) is 26.9 Å². The number of nitro groups is 1. The van der Waals surface area contributed by atoms with Crippen molar-refractivity contribution in [2.45, 2.75) is 30.8 Å². The molecule has 0 aliphatic heterocycles. The minimum atomic E-state index is -0.459. The Hall–Kier alpha value is -2.22. The zero-order chi connectivity index (χ0) is 15.6. The number of aromatic nitrogens is 3. The molecule has 0 aromatic carbocycles. The highest BCUT2D eigenvalue weighted by Crippen LogP contribution is 2.34. The Labute approximate surface area is 126 Å². The van der Waals surface area contributed by atoms with E-state index in [1.165, 1.54) is 11.8 Å². The molecular formula is C13H15N5O2S. The van der Waals surface area contributed by atoms with Gasteiger partial charge in [0.05, 0.1) is 4.92 Å². The first kappa shape index (κ1) is 15.2. The normalized spacial score (nSPS) is 10.5. The van der Waals surface area contributed by atoms with E-state index in [1.54, 1.807) is 14.0 Å². The fraction of sp³-hybridized carbons (Fsp3) is 0.308. The van der Waals surface area contributed by atoms with Gasteiger partial charge in [0, 0.05) is 12.7 Å². The molecule has 2 rings (SSSR count). The summed E-state index contributed by atoms with van der Waals surface area (Å²) >= 11 is 1.17. The van der Waals surface area contributed by atoms with E-state index in [9.17, 15) is 10.1 Å². The van der Waals surface area contributed by atoms with Crippen LogP contribution in [-0.2, 0) is 0 Å². The fourth-order valence-electron chi connectivity index (χ4n) is 1.89. The van der Waals surface area contributed by atoms with Gasteiger partial charge in [-0.15, -0.1) is 0 Å². The number of nitrogens with one attached hydrogen (secondary N) is 1. The van der Waals surface area contributed by atoms with E-state index in [2.05, 4.69) is 20.3 Å². The van der Waals surface area contributed by atoms with Gasteiger partial charge in [-0.3, -0.25) is 10.1 Å². The lowest BCUT2D eigenvalue weighted by Crippen LogP contribution is -2.04. The largest absolute Gasteiger partial charge is 0.357 e. The Morgan fingerprint density at radius 3 is 2.48 bits per heavy atom. The first-order valence-corrected chi connectivity index (χ1v) is 7.06. The number of nitrogens with zero attached hydrogens (tertiary/aromatic N) is 4. The van der Waals surface area contributed by atoms with Crippen molar-refractivity contribution < 1.29 is 4.92 Å². The van der Waals surface area contributed by atoms with Crippen LogP contribution in [0.25, 0.3) is 0 Å². The molecule has 2 heterocycles. The van der Waals surface area contributed by atoms with Crippen LogP contribution in [0.2, 0.25) is 0 Å². The predicted molar refractivity (Wildman–Crippen MR) is 80.8 cm³/mol. The minimum absolute atomic E-state index is 0.0834. The number of aryl methyl sites for hydroxylation is 3. The van der Waals surface area contributed by atoms with Crippen molar-refractivity contribution in [2.24, 2.45) is 0 Å². The zero-order valence-electron chi connectivity index (χ0n) is 12.2. The standard InChI is InChI=1S/C13H15N5O2S/c1-7-5-8(2)15-10(6-7)21-12-11(18(19)20)9(3)16-13(14-4)17-12/h5-6H,1-4H3,(H,14,16,17). The summed E-state index contributed by atoms with van der Waals surface area (Å²) in [6, 6.07) is 3.82. The van der Waals surface area contributed by atoms with Gasteiger partial charge in [-0.25, -0.2) is 9.97 Å². The molecule has 8 heteroatoms. The first-order valence-electron chi connectivity index (χ1n) is 6.24. The van der Waals surface area contributed by atoms with Crippen molar-refractivity contribution in [2.75, 3.05) is 12.4 Å². The van der Waals surface area contributed by atoms with Crippen molar-refractivity contribution in [1.82, 2.24) is 15.0 Å². The lowest BCUT2D eigenvalue weighted by Gasteiger charge is -2.07. The number of anilines is 1. The molecule has 0 saturated heterocycles. The van der Waals surface area contributed by atoms with Crippen LogP contribution in [0, 0.1) is 30.9 Å². The quantitative estimate of drug-likeness (QED) is 0.527. The number of rotatable bonds is 4. The number of pyridine rings is 1. The summed E-state index contributed by atoms with van der Waals surface area (Å²) in [4.78, 5) is 23.4. The second kappa shape index (κ2) is 6.04. The second-order valence-corrected chi connectivity index (χ2v) is 5.53. The van der Waals surface area contributed by atoms with Crippen LogP contribution in [0.4, 0.5) is 11.6 Å². The van der Waals surface area contributed by atoms with Gasteiger partial charge in [-0.05, 0) is 50.2 Å². The number of hydrogen-bond donors (Lipinski definition) is 1. The molecule has 0 radical (unpaired) electrons. The molecule has 0 amide bonds. The maximum atomic E-state index is 11.2. The van der Waals surface area contributed by atoms with Gasteiger partial charge < -0.3 is 5.32 Å². The summed E-state index contributed by atoms with van der Waals surface area (Å²) in [5.41, 5.74) is 2.15. The van der Waals surface area contributed by atoms with Crippen molar-refractivity contribution >= 4 is 23.4 Å². The SMILES string of the molecule is CNc1nc(C)c([N+](=O)[O-])c(Sc2cc(C)cc(C)n2)n1. The highest BCUT2D eigenvalue weighted by molar-refractivity contribution is 7.99. The van der Waals surface area contributed by atoms with Crippen molar-refractivity contribution in [3.63, 3.8) is 0 Å². The highest BCUT2D eigenvalue weighted by Gasteiger charge is 2.23. The Balaban J connectivity index is 2.51. The van der Waals surface area contributed by atoms with Gasteiger partial charge in [-0.2, -0.15) is 4.98 Å². The number of hydrogen-bond acceptors (Lipinski definition) is 7. The van der Waals surface area contributed by atoms with Gasteiger partial charge in [0.2, 0.25) is 5.95 Å². The van der Waals surface area contributed by atoms with E-state index in [0.29, 0.717) is 16.7 Å². The van der Waals surface area contributed by atoms with Gasteiger partial charge in [0.25, 0.3) is 0 Å². The van der Waals surface area contributed by atoms with Crippen molar-refractivity contribution in [3.8, 4) is 0 Å². The van der Waals surface area contributed by atoms with Crippen LogP contribution >= 0.6 is 11.8 Å². The highest BCUT2D eigenvalue weighted by atomic mass is 32.2. The molecule has 0 aliphatic rings. The molecule has 0 aliphatic carbocycles. The molecule has 0 fully saturated rings. The molecule has 110 valence electrons. The molecule has 2 aromatic rings. The fourth-order valence-corrected chi connectivity index (χ4v) is 2.97. The van der Waals surface area contributed by atoms with Crippen molar-refractivity contribution in [1.29, 1.82) is 0 Å². The summed E-state index contributed by atoms with van der Waals surface area (Å²) < 4.78 is 0. The summed E-state index contributed by atoms with van der Waals surface area (Å²) in [5.74, 6) is 0.352. The van der Waals surface area contributed by atoms with Crippen LogP contribution in [0.3, 0.4) is 0 Å². The molecule has 2 aromatic heterocycles.